The van der Waals surface area contributed by atoms with Crippen molar-refractivity contribution in [3.05, 3.63) is 98.4 Å². The van der Waals surface area contributed by atoms with Gasteiger partial charge in [0, 0.05) is 22.0 Å². The normalized spacial score (nSPS) is 16.2. The molecule has 1 N–H and O–H groups in total. The van der Waals surface area contributed by atoms with Gasteiger partial charge in [-0.05, 0) is 83.6 Å². The van der Waals surface area contributed by atoms with Gasteiger partial charge < -0.3 is 5.32 Å². The van der Waals surface area contributed by atoms with E-state index in [9.17, 15) is 13.2 Å². The smallest absolute Gasteiger partial charge is 0.253 e. The molecule has 1 amide bonds. The average Bonchev–Trinajstić information content (AvgIpc) is 3.36. The summed E-state index contributed by atoms with van der Waals surface area (Å²) in [7, 11) is -3.63. The molecule has 0 radical (unpaired) electrons. The molecule has 1 aliphatic rings. The Bertz CT molecular complexity index is 1290. The Hall–Kier alpha value is -2.00. The lowest BCUT2D eigenvalue weighted by Crippen LogP contribution is -2.45. The van der Waals surface area contributed by atoms with E-state index >= 15 is 0 Å². The largest absolute Gasteiger partial charge is 0.342 e. The zero-order valence-corrected chi connectivity index (χ0v) is 22.8. The van der Waals surface area contributed by atoms with Gasteiger partial charge in [0.1, 0.15) is 0 Å². The van der Waals surface area contributed by atoms with Crippen LogP contribution in [0.15, 0.2) is 86.6 Å². The summed E-state index contributed by atoms with van der Waals surface area (Å²) in [5.74, 6) is -0.341. The number of carbonyl (C=O) groups is 1. The van der Waals surface area contributed by atoms with Gasteiger partial charge in [0.05, 0.1) is 16.0 Å². The number of hydrogen-bond acceptors (Lipinski definition) is 3. The Morgan fingerprint density at radius 3 is 2.35 bits per heavy atom. The molecule has 0 aromatic heterocycles. The third-order valence-electron chi connectivity index (χ3n) is 6.13. The molecular weight excluding hydrogens is 580 g/mol. The number of benzene rings is 3. The lowest BCUT2D eigenvalue weighted by molar-refractivity contribution is 0.0903. The Morgan fingerprint density at radius 2 is 1.68 bits per heavy atom. The maximum absolute atomic E-state index is 13.6. The van der Waals surface area contributed by atoms with E-state index in [1.165, 1.54) is 10.4 Å². The maximum atomic E-state index is 13.6. The van der Waals surface area contributed by atoms with Crippen LogP contribution in [-0.4, -0.2) is 31.7 Å². The van der Waals surface area contributed by atoms with Gasteiger partial charge in [0.25, 0.3) is 5.91 Å². The van der Waals surface area contributed by atoms with Crippen LogP contribution in [0, 0.1) is 0 Å². The number of carbonyl (C=O) groups excluding carboxylic acids is 1. The number of amides is 1. The van der Waals surface area contributed by atoms with Crippen molar-refractivity contribution in [3.63, 3.8) is 0 Å². The molecule has 1 unspecified atom stereocenters. The van der Waals surface area contributed by atoms with E-state index in [1.54, 1.807) is 12.1 Å². The topological polar surface area (TPSA) is 66.5 Å². The van der Waals surface area contributed by atoms with Crippen molar-refractivity contribution >= 4 is 47.8 Å². The molecular formula is C26H26Br2N2O3S. The summed E-state index contributed by atoms with van der Waals surface area (Å²) in [5.41, 5.74) is 1.59. The molecule has 34 heavy (non-hydrogen) atoms. The monoisotopic (exact) mass is 604 g/mol. The molecule has 3 aromatic carbocycles. The molecule has 3 aromatic rings. The maximum Gasteiger partial charge on any atom is 0.253 e. The molecule has 1 atom stereocenters. The number of hydrogen-bond donors (Lipinski definition) is 1. The number of rotatable bonds is 7. The molecule has 1 aliphatic heterocycles. The van der Waals surface area contributed by atoms with E-state index in [0.717, 1.165) is 28.4 Å². The first kappa shape index (κ1) is 25.1. The molecule has 1 saturated heterocycles. The van der Waals surface area contributed by atoms with Crippen molar-refractivity contribution in [2.45, 2.75) is 36.6 Å². The fourth-order valence-corrected chi connectivity index (χ4v) is 6.73. The quantitative estimate of drug-likeness (QED) is 0.365. The van der Waals surface area contributed by atoms with Crippen LogP contribution >= 0.6 is 31.9 Å². The molecule has 0 saturated carbocycles. The van der Waals surface area contributed by atoms with E-state index in [-0.39, 0.29) is 16.4 Å². The van der Waals surface area contributed by atoms with E-state index in [4.69, 9.17) is 0 Å². The first-order valence-corrected chi connectivity index (χ1v) is 14.1. The van der Waals surface area contributed by atoms with Crippen molar-refractivity contribution in [1.82, 2.24) is 9.62 Å². The molecule has 8 heteroatoms. The molecule has 4 rings (SSSR count). The molecule has 1 heterocycles. The zero-order chi connectivity index (χ0) is 24.3. The second-order valence-electron chi connectivity index (χ2n) is 8.71. The third kappa shape index (κ3) is 5.46. The lowest BCUT2D eigenvalue weighted by Gasteiger charge is -2.32. The Balaban J connectivity index is 1.68. The van der Waals surface area contributed by atoms with Gasteiger partial charge in [-0.1, -0.05) is 58.4 Å². The minimum Gasteiger partial charge on any atom is -0.342 e. The van der Waals surface area contributed by atoms with Crippen LogP contribution < -0.4 is 5.32 Å². The highest BCUT2D eigenvalue weighted by Gasteiger charge is 2.32. The highest BCUT2D eigenvalue weighted by atomic mass is 79.9. The van der Waals surface area contributed by atoms with Crippen LogP contribution in [0.3, 0.4) is 0 Å². The minimum atomic E-state index is -3.63. The third-order valence-corrected chi connectivity index (χ3v) is 9.21. The highest BCUT2D eigenvalue weighted by Crippen LogP contribution is 2.30. The van der Waals surface area contributed by atoms with Crippen LogP contribution in [0.4, 0.5) is 0 Å². The van der Waals surface area contributed by atoms with Crippen LogP contribution in [0.5, 0.6) is 0 Å². The first-order valence-electron chi connectivity index (χ1n) is 11.1. The standard InChI is InChI=1S/C26H26Br2N2O3S/c1-26(20-9-3-2-4-10-20,18-19-8-7-11-21(27)16-19)29-25(31)23-17-22(12-13-24(23)28)34(32,33)30-14-5-6-15-30/h2-4,7-13,16-17H,5-6,14-15,18H2,1H3,(H,29,31). The number of halogens is 2. The first-order chi connectivity index (χ1) is 16.2. The Kier molecular flexibility index (Phi) is 7.62. The van der Waals surface area contributed by atoms with Gasteiger partial charge in [-0.15, -0.1) is 0 Å². The zero-order valence-electron chi connectivity index (χ0n) is 18.8. The van der Waals surface area contributed by atoms with E-state index in [2.05, 4.69) is 37.2 Å². The van der Waals surface area contributed by atoms with Crippen molar-refractivity contribution in [1.29, 1.82) is 0 Å². The lowest BCUT2D eigenvalue weighted by atomic mass is 9.85. The van der Waals surface area contributed by atoms with Crippen LogP contribution in [0.1, 0.15) is 41.3 Å². The second kappa shape index (κ2) is 10.3. The van der Waals surface area contributed by atoms with E-state index < -0.39 is 15.6 Å². The van der Waals surface area contributed by atoms with E-state index in [0.29, 0.717) is 24.0 Å². The molecule has 0 bridgehead atoms. The van der Waals surface area contributed by atoms with Gasteiger partial charge in [0.15, 0.2) is 0 Å². The van der Waals surface area contributed by atoms with Gasteiger partial charge in [-0.25, -0.2) is 8.42 Å². The highest BCUT2D eigenvalue weighted by molar-refractivity contribution is 9.10. The fraction of sp³-hybridized carbons (Fsp3) is 0.269. The number of sulfonamides is 1. The molecule has 0 aliphatic carbocycles. The van der Waals surface area contributed by atoms with Gasteiger partial charge in [0.2, 0.25) is 10.0 Å². The van der Waals surface area contributed by atoms with E-state index in [1.807, 2.05) is 61.5 Å². The summed E-state index contributed by atoms with van der Waals surface area (Å²) in [6.45, 7) is 3.01. The minimum absolute atomic E-state index is 0.135. The van der Waals surface area contributed by atoms with Crippen LogP contribution in [-0.2, 0) is 22.0 Å². The summed E-state index contributed by atoms with van der Waals surface area (Å²) < 4.78 is 29.1. The molecule has 5 nitrogen and oxygen atoms in total. The molecule has 0 spiro atoms. The van der Waals surface area contributed by atoms with Crippen molar-refractivity contribution < 1.29 is 13.2 Å². The predicted octanol–water partition coefficient (Wildman–Crippen LogP) is 5.88. The number of nitrogens with zero attached hydrogens (tertiary/aromatic N) is 1. The average molecular weight is 606 g/mol. The second-order valence-corrected chi connectivity index (χ2v) is 12.4. The molecule has 178 valence electrons. The summed E-state index contributed by atoms with van der Waals surface area (Å²) >= 11 is 6.97. The summed E-state index contributed by atoms with van der Waals surface area (Å²) in [6.07, 6.45) is 2.27. The fourth-order valence-electron chi connectivity index (χ4n) is 4.31. The van der Waals surface area contributed by atoms with Crippen molar-refractivity contribution in [2.75, 3.05) is 13.1 Å². The van der Waals surface area contributed by atoms with Gasteiger partial charge in [-0.3, -0.25) is 4.79 Å². The summed E-state index contributed by atoms with van der Waals surface area (Å²) in [4.78, 5) is 13.7. The predicted molar refractivity (Wildman–Crippen MR) is 141 cm³/mol. The Morgan fingerprint density at radius 1 is 0.971 bits per heavy atom. The summed E-state index contributed by atoms with van der Waals surface area (Å²) in [6, 6.07) is 22.4. The number of nitrogens with one attached hydrogen (secondary N) is 1. The summed E-state index contributed by atoms with van der Waals surface area (Å²) in [5, 5.41) is 3.19. The van der Waals surface area contributed by atoms with Crippen molar-refractivity contribution in [3.8, 4) is 0 Å². The van der Waals surface area contributed by atoms with Gasteiger partial charge in [-0.2, -0.15) is 4.31 Å². The SMILES string of the molecule is CC(Cc1cccc(Br)c1)(NC(=O)c1cc(S(=O)(=O)N2CCCC2)ccc1Br)c1ccccc1. The van der Waals surface area contributed by atoms with Gasteiger partial charge >= 0.3 is 0 Å². The Labute approximate surface area is 217 Å². The van der Waals surface area contributed by atoms with Crippen LogP contribution in [0.25, 0.3) is 0 Å². The molecule has 1 fully saturated rings. The van der Waals surface area contributed by atoms with Crippen LogP contribution in [0.2, 0.25) is 0 Å². The van der Waals surface area contributed by atoms with Crippen molar-refractivity contribution in [2.24, 2.45) is 0 Å².